The van der Waals surface area contributed by atoms with E-state index in [1.807, 2.05) is 18.2 Å². The van der Waals surface area contributed by atoms with Crippen LogP contribution in [0.2, 0.25) is 0 Å². The minimum atomic E-state index is 0.325. The summed E-state index contributed by atoms with van der Waals surface area (Å²) in [6, 6.07) is 7.80. The smallest absolute Gasteiger partial charge is 0.161 e. The average molecular weight is 217 g/mol. The largest absolute Gasteiger partial charge is 0.493 e. The molecule has 84 valence electrons. The monoisotopic (exact) mass is 217 g/mol. The lowest BCUT2D eigenvalue weighted by Gasteiger charge is -2.27. The van der Waals surface area contributed by atoms with Crippen LogP contribution in [0.5, 0.6) is 11.5 Å². The molecule has 1 aromatic carbocycles. The molecule has 0 spiro atoms. The third-order valence-corrected chi connectivity index (χ3v) is 2.86. The molecule has 3 heteroatoms. The predicted molar refractivity (Wildman–Crippen MR) is 60.6 cm³/mol. The van der Waals surface area contributed by atoms with Crippen molar-refractivity contribution in [2.75, 3.05) is 7.11 Å². The second kappa shape index (κ2) is 4.89. The molecule has 1 aliphatic rings. The Hall–Kier alpha value is -1.69. The Labute approximate surface area is 95.6 Å². The van der Waals surface area contributed by atoms with Crippen LogP contribution in [0.25, 0.3) is 0 Å². The lowest BCUT2D eigenvalue weighted by molar-refractivity contribution is 0.116. The molecule has 0 aromatic heterocycles. The molecule has 1 saturated carbocycles. The van der Waals surface area contributed by atoms with Crippen molar-refractivity contribution >= 4 is 0 Å². The van der Waals surface area contributed by atoms with Crippen LogP contribution in [0.15, 0.2) is 18.2 Å². The van der Waals surface area contributed by atoms with Crippen molar-refractivity contribution in [3.05, 3.63) is 23.8 Å². The number of rotatable bonds is 4. The van der Waals surface area contributed by atoms with Gasteiger partial charge in [-0.3, -0.25) is 0 Å². The van der Waals surface area contributed by atoms with E-state index in [4.69, 9.17) is 14.7 Å². The van der Waals surface area contributed by atoms with Crippen LogP contribution in [-0.4, -0.2) is 13.2 Å². The molecule has 1 fully saturated rings. The Kier molecular flexibility index (Phi) is 3.31. The molecule has 0 unspecified atom stereocenters. The third-order valence-electron chi connectivity index (χ3n) is 2.86. The van der Waals surface area contributed by atoms with E-state index in [9.17, 15) is 0 Å². The van der Waals surface area contributed by atoms with Crippen LogP contribution in [0.4, 0.5) is 0 Å². The highest BCUT2D eigenvalue weighted by molar-refractivity contribution is 5.43. The van der Waals surface area contributed by atoms with Crippen molar-refractivity contribution in [1.29, 1.82) is 5.26 Å². The number of ether oxygens (including phenoxy) is 2. The molecule has 0 bridgehead atoms. The number of hydrogen-bond acceptors (Lipinski definition) is 3. The summed E-state index contributed by atoms with van der Waals surface area (Å²) in [7, 11) is 1.63. The lowest BCUT2D eigenvalue weighted by atomic mass is 9.96. The fourth-order valence-corrected chi connectivity index (χ4v) is 1.68. The van der Waals surface area contributed by atoms with Crippen molar-refractivity contribution < 1.29 is 9.47 Å². The summed E-state index contributed by atoms with van der Waals surface area (Å²) in [6.45, 7) is 0. The molecule has 0 heterocycles. The second-order valence-corrected chi connectivity index (χ2v) is 3.99. The number of nitriles is 1. The molecule has 1 aliphatic carbocycles. The maximum absolute atomic E-state index is 8.65. The first-order valence-electron chi connectivity index (χ1n) is 5.54. The molecule has 0 radical (unpaired) electrons. The first-order valence-corrected chi connectivity index (χ1v) is 5.54. The Morgan fingerprint density at radius 2 is 2.19 bits per heavy atom. The Bertz CT molecular complexity index is 405. The normalized spacial score (nSPS) is 15.0. The maximum atomic E-state index is 8.65. The van der Waals surface area contributed by atoms with Gasteiger partial charge in [0.25, 0.3) is 0 Å². The summed E-state index contributed by atoms with van der Waals surface area (Å²) in [5.74, 6) is 1.51. The van der Waals surface area contributed by atoms with E-state index >= 15 is 0 Å². The van der Waals surface area contributed by atoms with Gasteiger partial charge < -0.3 is 9.47 Å². The molecule has 1 aromatic rings. The van der Waals surface area contributed by atoms with E-state index in [2.05, 4.69) is 6.07 Å². The fourth-order valence-electron chi connectivity index (χ4n) is 1.68. The number of benzene rings is 1. The lowest BCUT2D eigenvalue weighted by Crippen LogP contribution is -2.24. The van der Waals surface area contributed by atoms with E-state index in [0.29, 0.717) is 12.5 Å². The highest BCUT2D eigenvalue weighted by atomic mass is 16.5. The summed E-state index contributed by atoms with van der Waals surface area (Å²) in [4.78, 5) is 0. The van der Waals surface area contributed by atoms with Crippen molar-refractivity contribution in [2.45, 2.75) is 31.8 Å². The minimum absolute atomic E-state index is 0.325. The van der Waals surface area contributed by atoms with Crippen LogP contribution in [-0.2, 0) is 6.42 Å². The van der Waals surface area contributed by atoms with Crippen molar-refractivity contribution in [3.63, 3.8) is 0 Å². The standard InChI is InChI=1S/C13H15NO2/c1-15-12-6-5-10(7-8-14)9-13(12)16-11-3-2-4-11/h5-6,9,11H,2-4,7H2,1H3. The molecule has 0 N–H and O–H groups in total. The van der Waals surface area contributed by atoms with Gasteiger partial charge in [-0.05, 0) is 37.0 Å². The van der Waals surface area contributed by atoms with Gasteiger partial charge in [-0.25, -0.2) is 0 Å². The Balaban J connectivity index is 2.17. The van der Waals surface area contributed by atoms with Crippen LogP contribution >= 0.6 is 0 Å². The number of methoxy groups -OCH3 is 1. The zero-order valence-electron chi connectivity index (χ0n) is 9.40. The van der Waals surface area contributed by atoms with Gasteiger partial charge in [-0.2, -0.15) is 5.26 Å². The molecular weight excluding hydrogens is 202 g/mol. The van der Waals surface area contributed by atoms with Crippen molar-refractivity contribution in [3.8, 4) is 17.6 Å². The van der Waals surface area contributed by atoms with Gasteiger partial charge in [-0.1, -0.05) is 6.07 Å². The van der Waals surface area contributed by atoms with Gasteiger partial charge in [0.1, 0.15) is 0 Å². The van der Waals surface area contributed by atoms with E-state index in [0.717, 1.165) is 29.9 Å². The van der Waals surface area contributed by atoms with Gasteiger partial charge >= 0.3 is 0 Å². The predicted octanol–water partition coefficient (Wildman–Crippen LogP) is 2.69. The highest BCUT2D eigenvalue weighted by Gasteiger charge is 2.20. The molecule has 16 heavy (non-hydrogen) atoms. The van der Waals surface area contributed by atoms with Crippen molar-refractivity contribution in [2.24, 2.45) is 0 Å². The molecule has 0 atom stereocenters. The van der Waals surface area contributed by atoms with Gasteiger partial charge in [0.15, 0.2) is 11.5 Å². The molecular formula is C13H15NO2. The van der Waals surface area contributed by atoms with Crippen LogP contribution in [0, 0.1) is 11.3 Å². The first kappa shape index (κ1) is 10.8. The van der Waals surface area contributed by atoms with E-state index in [1.165, 1.54) is 6.42 Å². The highest BCUT2D eigenvalue weighted by Crippen LogP contribution is 2.33. The molecule has 3 nitrogen and oxygen atoms in total. The quantitative estimate of drug-likeness (QED) is 0.778. The van der Waals surface area contributed by atoms with Gasteiger partial charge in [0.2, 0.25) is 0 Å². The van der Waals surface area contributed by atoms with Crippen LogP contribution < -0.4 is 9.47 Å². The zero-order valence-corrected chi connectivity index (χ0v) is 9.40. The van der Waals surface area contributed by atoms with E-state index in [-0.39, 0.29) is 0 Å². The van der Waals surface area contributed by atoms with Gasteiger partial charge in [0, 0.05) is 0 Å². The SMILES string of the molecule is COc1ccc(CC#N)cc1OC1CCC1. The van der Waals surface area contributed by atoms with Gasteiger partial charge in [0.05, 0.1) is 25.7 Å². The Morgan fingerprint density at radius 1 is 1.38 bits per heavy atom. The average Bonchev–Trinajstić information content (AvgIpc) is 2.24. The summed E-state index contributed by atoms with van der Waals surface area (Å²) < 4.78 is 11.1. The second-order valence-electron chi connectivity index (χ2n) is 3.99. The number of hydrogen-bond donors (Lipinski definition) is 0. The van der Waals surface area contributed by atoms with E-state index < -0.39 is 0 Å². The summed E-state index contributed by atoms with van der Waals surface area (Å²) in [5, 5.41) is 8.65. The first-order chi connectivity index (χ1) is 7.83. The number of nitrogens with zero attached hydrogens (tertiary/aromatic N) is 1. The Morgan fingerprint density at radius 3 is 2.75 bits per heavy atom. The minimum Gasteiger partial charge on any atom is -0.493 e. The van der Waals surface area contributed by atoms with Crippen LogP contribution in [0.3, 0.4) is 0 Å². The summed E-state index contributed by atoms with van der Waals surface area (Å²) in [6.07, 6.45) is 4.21. The zero-order chi connectivity index (χ0) is 11.4. The summed E-state index contributed by atoms with van der Waals surface area (Å²) >= 11 is 0. The van der Waals surface area contributed by atoms with Gasteiger partial charge in [-0.15, -0.1) is 0 Å². The molecule has 0 saturated heterocycles. The topological polar surface area (TPSA) is 42.2 Å². The molecule has 0 amide bonds. The van der Waals surface area contributed by atoms with E-state index in [1.54, 1.807) is 7.11 Å². The maximum Gasteiger partial charge on any atom is 0.161 e. The third kappa shape index (κ3) is 2.27. The fraction of sp³-hybridized carbons (Fsp3) is 0.462. The van der Waals surface area contributed by atoms with Crippen LogP contribution in [0.1, 0.15) is 24.8 Å². The molecule has 0 aliphatic heterocycles. The molecule has 2 rings (SSSR count). The summed E-state index contributed by atoms with van der Waals surface area (Å²) in [5.41, 5.74) is 0.970. The van der Waals surface area contributed by atoms with Crippen molar-refractivity contribution in [1.82, 2.24) is 0 Å².